The normalized spacial score (nSPS) is 16.9. The Morgan fingerprint density at radius 3 is 2.00 bits per heavy atom. The average molecular weight is 197 g/mol. The van der Waals surface area contributed by atoms with Gasteiger partial charge >= 0.3 is 0 Å². The molecule has 0 spiro atoms. The van der Waals surface area contributed by atoms with Gasteiger partial charge < -0.3 is 4.90 Å². The molecular formula is C13H27N. The molecule has 0 unspecified atom stereocenters. The zero-order valence-electron chi connectivity index (χ0n) is 10.5. The highest BCUT2D eigenvalue weighted by Gasteiger charge is 2.07. The number of likely N-dealkylation sites (tertiary alicyclic amines) is 1. The van der Waals surface area contributed by atoms with Crippen LogP contribution in [0.2, 0.25) is 0 Å². The second kappa shape index (κ2) is 9.26. The summed E-state index contributed by atoms with van der Waals surface area (Å²) in [5, 5.41) is 0. The predicted octanol–water partition coefficient (Wildman–Crippen LogP) is 3.85. The largest absolute Gasteiger partial charge is 0.303 e. The minimum absolute atomic E-state index is 1.32. The van der Waals surface area contributed by atoms with E-state index in [0.29, 0.717) is 0 Å². The third-order valence-corrected chi connectivity index (χ3v) is 2.57. The second-order valence-electron chi connectivity index (χ2n) is 4.27. The first-order valence-electron chi connectivity index (χ1n) is 6.02. The van der Waals surface area contributed by atoms with Gasteiger partial charge in [-0.25, -0.2) is 0 Å². The van der Waals surface area contributed by atoms with Crippen molar-refractivity contribution >= 4 is 0 Å². The lowest BCUT2D eigenvalue weighted by molar-refractivity contribution is 0.229. The number of piperidine rings is 1. The van der Waals surface area contributed by atoms with Crippen molar-refractivity contribution in [2.75, 3.05) is 19.6 Å². The molecule has 0 aromatic rings. The molecule has 0 atom stereocenters. The Morgan fingerprint density at radius 1 is 1.14 bits per heavy atom. The van der Waals surface area contributed by atoms with Gasteiger partial charge in [-0.1, -0.05) is 25.0 Å². The second-order valence-corrected chi connectivity index (χ2v) is 4.27. The molecule has 1 heteroatoms. The monoisotopic (exact) mass is 197 g/mol. The highest BCUT2D eigenvalue weighted by atomic mass is 15.1. The van der Waals surface area contributed by atoms with Crippen molar-refractivity contribution in [2.45, 2.75) is 53.4 Å². The number of allylic oxidation sites excluding steroid dienone is 2. The van der Waals surface area contributed by atoms with Crippen molar-refractivity contribution in [2.24, 2.45) is 0 Å². The molecule has 0 amide bonds. The van der Waals surface area contributed by atoms with Gasteiger partial charge in [-0.05, 0) is 59.7 Å². The molecule has 1 aliphatic heterocycles. The highest BCUT2D eigenvalue weighted by Crippen LogP contribution is 2.07. The molecule has 1 nitrogen and oxygen atoms in total. The number of nitrogens with zero attached hydrogens (tertiary/aromatic N) is 1. The fourth-order valence-electron chi connectivity index (χ4n) is 1.50. The molecule has 1 rings (SSSR count). The molecule has 0 radical (unpaired) electrons. The van der Waals surface area contributed by atoms with Gasteiger partial charge in [0.2, 0.25) is 0 Å². The SMILES string of the molecule is CC=C(C)C.CCCN1CCCCC1. The van der Waals surface area contributed by atoms with Gasteiger partial charge in [0.05, 0.1) is 0 Å². The highest BCUT2D eigenvalue weighted by molar-refractivity contribution is 4.88. The van der Waals surface area contributed by atoms with Gasteiger partial charge in [-0.15, -0.1) is 0 Å². The Morgan fingerprint density at radius 2 is 1.64 bits per heavy atom. The Kier molecular flexibility index (Phi) is 9.06. The number of hydrogen-bond donors (Lipinski definition) is 0. The van der Waals surface area contributed by atoms with E-state index in [1.807, 2.05) is 6.92 Å². The van der Waals surface area contributed by atoms with Crippen LogP contribution in [0.3, 0.4) is 0 Å². The van der Waals surface area contributed by atoms with Crippen LogP contribution < -0.4 is 0 Å². The zero-order chi connectivity index (χ0) is 10.8. The van der Waals surface area contributed by atoms with E-state index in [9.17, 15) is 0 Å². The summed E-state index contributed by atoms with van der Waals surface area (Å²) < 4.78 is 0. The molecule has 0 bridgehead atoms. The van der Waals surface area contributed by atoms with Gasteiger partial charge in [0.25, 0.3) is 0 Å². The molecule has 1 heterocycles. The van der Waals surface area contributed by atoms with E-state index in [0.717, 1.165) is 0 Å². The minimum atomic E-state index is 1.32. The van der Waals surface area contributed by atoms with Gasteiger partial charge in [0, 0.05) is 0 Å². The Hall–Kier alpha value is -0.300. The summed E-state index contributed by atoms with van der Waals surface area (Å²) >= 11 is 0. The molecule has 1 saturated heterocycles. The summed E-state index contributed by atoms with van der Waals surface area (Å²) in [6, 6.07) is 0. The Balaban J connectivity index is 0.000000292. The average Bonchev–Trinajstić information content (AvgIpc) is 2.21. The van der Waals surface area contributed by atoms with Crippen molar-refractivity contribution in [3.05, 3.63) is 11.6 Å². The first kappa shape index (κ1) is 13.7. The number of rotatable bonds is 2. The summed E-state index contributed by atoms with van der Waals surface area (Å²) in [6.45, 7) is 12.5. The maximum Gasteiger partial charge on any atom is -0.00187 e. The van der Waals surface area contributed by atoms with Crippen molar-refractivity contribution in [1.82, 2.24) is 4.90 Å². The quantitative estimate of drug-likeness (QED) is 0.608. The van der Waals surface area contributed by atoms with Crippen LogP contribution in [0, 0.1) is 0 Å². The third-order valence-electron chi connectivity index (χ3n) is 2.57. The van der Waals surface area contributed by atoms with Gasteiger partial charge in [0.15, 0.2) is 0 Å². The van der Waals surface area contributed by atoms with Gasteiger partial charge in [-0.3, -0.25) is 0 Å². The van der Waals surface area contributed by atoms with Crippen LogP contribution in [0.15, 0.2) is 11.6 Å². The topological polar surface area (TPSA) is 3.24 Å². The molecule has 0 N–H and O–H groups in total. The van der Waals surface area contributed by atoms with Crippen LogP contribution in [-0.2, 0) is 0 Å². The van der Waals surface area contributed by atoms with Crippen molar-refractivity contribution in [3.8, 4) is 0 Å². The van der Waals surface area contributed by atoms with Crippen LogP contribution in [0.1, 0.15) is 53.4 Å². The van der Waals surface area contributed by atoms with Gasteiger partial charge in [0.1, 0.15) is 0 Å². The lowest BCUT2D eigenvalue weighted by Crippen LogP contribution is -2.30. The van der Waals surface area contributed by atoms with E-state index in [2.05, 4.69) is 31.7 Å². The maximum atomic E-state index is 2.57. The Bertz CT molecular complexity index is 137. The van der Waals surface area contributed by atoms with E-state index >= 15 is 0 Å². The van der Waals surface area contributed by atoms with Crippen molar-refractivity contribution < 1.29 is 0 Å². The molecule has 0 saturated carbocycles. The van der Waals surface area contributed by atoms with Crippen LogP contribution in [-0.4, -0.2) is 24.5 Å². The molecule has 1 fully saturated rings. The lowest BCUT2D eigenvalue weighted by atomic mass is 10.1. The molecule has 0 aliphatic carbocycles. The summed E-state index contributed by atoms with van der Waals surface area (Å²) in [4.78, 5) is 2.57. The summed E-state index contributed by atoms with van der Waals surface area (Å²) in [7, 11) is 0. The van der Waals surface area contributed by atoms with Crippen LogP contribution in [0.5, 0.6) is 0 Å². The molecule has 14 heavy (non-hydrogen) atoms. The van der Waals surface area contributed by atoms with Crippen molar-refractivity contribution in [3.63, 3.8) is 0 Å². The predicted molar refractivity (Wildman–Crippen MR) is 65.7 cm³/mol. The molecule has 1 aliphatic rings. The summed E-state index contributed by atoms with van der Waals surface area (Å²) in [6.07, 6.45) is 7.72. The minimum Gasteiger partial charge on any atom is -0.303 e. The van der Waals surface area contributed by atoms with Crippen molar-refractivity contribution in [1.29, 1.82) is 0 Å². The molecular weight excluding hydrogens is 170 g/mol. The third kappa shape index (κ3) is 8.31. The molecule has 0 aromatic carbocycles. The van der Waals surface area contributed by atoms with E-state index in [4.69, 9.17) is 0 Å². The van der Waals surface area contributed by atoms with E-state index in [1.165, 1.54) is 50.9 Å². The standard InChI is InChI=1S/C8H17N.C5H10/c1-2-6-9-7-4-3-5-8-9;1-4-5(2)3/h2-8H2,1H3;4H,1-3H3. The molecule has 0 aromatic heterocycles. The summed E-state index contributed by atoms with van der Waals surface area (Å²) in [5.74, 6) is 0. The Labute approximate surface area is 90.2 Å². The fourth-order valence-corrected chi connectivity index (χ4v) is 1.50. The van der Waals surface area contributed by atoms with E-state index < -0.39 is 0 Å². The van der Waals surface area contributed by atoms with Crippen LogP contribution in [0.4, 0.5) is 0 Å². The zero-order valence-corrected chi connectivity index (χ0v) is 10.5. The fraction of sp³-hybridized carbons (Fsp3) is 0.846. The maximum absolute atomic E-state index is 2.57. The smallest absolute Gasteiger partial charge is 0.00187 e. The lowest BCUT2D eigenvalue weighted by Gasteiger charge is -2.25. The van der Waals surface area contributed by atoms with Crippen LogP contribution in [0.25, 0.3) is 0 Å². The summed E-state index contributed by atoms with van der Waals surface area (Å²) in [5.41, 5.74) is 1.38. The van der Waals surface area contributed by atoms with E-state index in [1.54, 1.807) is 0 Å². The molecule has 84 valence electrons. The first-order chi connectivity index (χ1) is 6.70. The number of hydrogen-bond acceptors (Lipinski definition) is 1. The van der Waals surface area contributed by atoms with E-state index in [-0.39, 0.29) is 0 Å². The van der Waals surface area contributed by atoms with Gasteiger partial charge in [-0.2, -0.15) is 0 Å². The van der Waals surface area contributed by atoms with Crippen LogP contribution >= 0.6 is 0 Å². The first-order valence-corrected chi connectivity index (χ1v) is 6.02.